The molecule has 2 atom stereocenters. The molecule has 2 aliphatic rings. The molecule has 96 valence electrons. The maximum atomic E-state index is 3.68. The average molecular weight is 259 g/mol. The summed E-state index contributed by atoms with van der Waals surface area (Å²) in [6.45, 7) is 2.34. The molecule has 0 fully saturated rings. The molecule has 2 heteroatoms. The van der Waals surface area contributed by atoms with Gasteiger partial charge in [-0.25, -0.2) is 0 Å². The second-order valence-electron chi connectivity index (χ2n) is 5.36. The Morgan fingerprint density at radius 1 is 1.17 bits per heavy atom. The molecule has 1 aromatic carbocycles. The van der Waals surface area contributed by atoms with Gasteiger partial charge in [0.05, 0.1) is 0 Å². The summed E-state index contributed by atoms with van der Waals surface area (Å²) in [5, 5.41) is 4.41. The molecule has 1 nitrogen and oxygen atoms in total. The average Bonchev–Trinajstić information content (AvgIpc) is 2.82. The van der Waals surface area contributed by atoms with Crippen LogP contribution in [0.4, 0.5) is 0 Å². The highest BCUT2D eigenvalue weighted by atomic mass is 32.2. The van der Waals surface area contributed by atoms with Crippen LogP contribution in [-0.2, 0) is 6.42 Å². The Hall–Kier alpha value is -0.730. The van der Waals surface area contributed by atoms with Gasteiger partial charge in [0.15, 0.2) is 0 Å². The lowest BCUT2D eigenvalue weighted by molar-refractivity contribution is 0.441. The minimum atomic E-state index is 0.738. The smallest absolute Gasteiger partial charge is 0.0260 e. The van der Waals surface area contributed by atoms with Crippen molar-refractivity contribution >= 4 is 11.8 Å². The Morgan fingerprint density at radius 2 is 2.11 bits per heavy atom. The van der Waals surface area contributed by atoms with E-state index in [0.717, 1.165) is 17.7 Å². The molecule has 18 heavy (non-hydrogen) atoms. The Labute approximate surface area is 114 Å². The molecule has 3 rings (SSSR count). The minimum Gasteiger partial charge on any atom is -0.315 e. The van der Waals surface area contributed by atoms with Gasteiger partial charge in [-0.05, 0) is 49.8 Å². The van der Waals surface area contributed by atoms with Crippen LogP contribution in [0.1, 0.15) is 24.8 Å². The Kier molecular flexibility index (Phi) is 4.06. The maximum absolute atomic E-state index is 3.68. The third kappa shape index (κ3) is 2.99. The summed E-state index contributed by atoms with van der Waals surface area (Å²) in [6, 6.07) is 8.83. The van der Waals surface area contributed by atoms with E-state index in [2.05, 4.69) is 41.7 Å². The summed E-state index contributed by atoms with van der Waals surface area (Å²) in [6.07, 6.45) is 9.80. The van der Waals surface area contributed by atoms with Crippen molar-refractivity contribution in [1.29, 1.82) is 0 Å². The number of benzene rings is 1. The van der Waals surface area contributed by atoms with Crippen molar-refractivity contribution in [2.45, 2.75) is 35.8 Å². The second-order valence-corrected chi connectivity index (χ2v) is 6.70. The highest BCUT2D eigenvalue weighted by Gasteiger charge is 2.21. The molecule has 1 aromatic rings. The van der Waals surface area contributed by atoms with Crippen LogP contribution in [0.15, 0.2) is 41.3 Å². The molecule has 0 radical (unpaired) electrons. The van der Waals surface area contributed by atoms with Crippen LogP contribution in [0, 0.1) is 5.92 Å². The molecular weight excluding hydrogens is 238 g/mol. The van der Waals surface area contributed by atoms with Gasteiger partial charge in [0.1, 0.15) is 0 Å². The van der Waals surface area contributed by atoms with E-state index < -0.39 is 0 Å². The van der Waals surface area contributed by atoms with Gasteiger partial charge in [-0.2, -0.15) is 0 Å². The third-order valence-corrected chi connectivity index (χ3v) is 5.22. The molecule has 0 aromatic heterocycles. The number of thioether (sulfide) groups is 1. The van der Waals surface area contributed by atoms with Crippen LogP contribution in [0.3, 0.4) is 0 Å². The first-order chi connectivity index (χ1) is 8.92. The fourth-order valence-corrected chi connectivity index (χ4v) is 4.14. The lowest BCUT2D eigenvalue weighted by Gasteiger charge is -2.19. The van der Waals surface area contributed by atoms with Crippen LogP contribution in [0.5, 0.6) is 0 Å². The highest BCUT2D eigenvalue weighted by Crippen LogP contribution is 2.36. The monoisotopic (exact) mass is 259 g/mol. The molecule has 1 aliphatic heterocycles. The zero-order valence-electron chi connectivity index (χ0n) is 10.8. The molecule has 2 unspecified atom stereocenters. The summed E-state index contributed by atoms with van der Waals surface area (Å²) in [5.74, 6) is 0.865. The lowest BCUT2D eigenvalue weighted by Crippen LogP contribution is -2.29. The van der Waals surface area contributed by atoms with Gasteiger partial charge < -0.3 is 5.32 Å². The third-order valence-electron chi connectivity index (χ3n) is 3.90. The van der Waals surface area contributed by atoms with Crippen molar-refractivity contribution < 1.29 is 0 Å². The zero-order valence-corrected chi connectivity index (χ0v) is 11.6. The van der Waals surface area contributed by atoms with E-state index in [1.54, 1.807) is 0 Å². The van der Waals surface area contributed by atoms with Crippen molar-refractivity contribution in [3.63, 3.8) is 0 Å². The van der Waals surface area contributed by atoms with Gasteiger partial charge >= 0.3 is 0 Å². The van der Waals surface area contributed by atoms with Gasteiger partial charge in [-0.3, -0.25) is 0 Å². The normalized spacial score (nSPS) is 26.2. The van der Waals surface area contributed by atoms with E-state index in [1.807, 2.05) is 11.8 Å². The number of rotatable bonds is 4. The van der Waals surface area contributed by atoms with Crippen LogP contribution >= 0.6 is 11.8 Å². The Bertz CT molecular complexity index is 402. The summed E-state index contributed by atoms with van der Waals surface area (Å²) in [4.78, 5) is 1.49. The first kappa shape index (κ1) is 12.3. The van der Waals surface area contributed by atoms with E-state index in [9.17, 15) is 0 Å². The highest BCUT2D eigenvalue weighted by molar-refractivity contribution is 8.00. The van der Waals surface area contributed by atoms with Gasteiger partial charge in [0.2, 0.25) is 0 Å². The topological polar surface area (TPSA) is 12.0 Å². The number of nitrogens with one attached hydrogen (secondary N) is 1. The number of hydrogen-bond acceptors (Lipinski definition) is 2. The number of fused-ring (bicyclic) bond motifs is 1. The Morgan fingerprint density at radius 3 is 2.94 bits per heavy atom. The van der Waals surface area contributed by atoms with Crippen molar-refractivity contribution in [3.05, 3.63) is 42.0 Å². The van der Waals surface area contributed by atoms with Gasteiger partial charge in [0, 0.05) is 16.7 Å². The fourth-order valence-electron chi connectivity index (χ4n) is 2.86. The van der Waals surface area contributed by atoms with E-state index in [-0.39, 0.29) is 0 Å². The first-order valence-corrected chi connectivity index (χ1v) is 7.90. The molecule has 0 spiro atoms. The fraction of sp³-hybridized carbons (Fsp3) is 0.500. The van der Waals surface area contributed by atoms with Gasteiger partial charge in [0.25, 0.3) is 0 Å². The van der Waals surface area contributed by atoms with Crippen LogP contribution in [0.2, 0.25) is 0 Å². The number of hydrogen-bond donors (Lipinski definition) is 1. The second kappa shape index (κ2) is 5.94. The molecule has 1 N–H and O–H groups in total. The first-order valence-electron chi connectivity index (χ1n) is 7.02. The lowest BCUT2D eigenvalue weighted by atomic mass is 9.94. The maximum Gasteiger partial charge on any atom is 0.0260 e. The quantitative estimate of drug-likeness (QED) is 0.828. The van der Waals surface area contributed by atoms with E-state index >= 15 is 0 Å². The van der Waals surface area contributed by atoms with Crippen LogP contribution in [-0.4, -0.2) is 18.3 Å². The van der Waals surface area contributed by atoms with Crippen molar-refractivity contribution in [3.8, 4) is 0 Å². The molecule has 1 aliphatic carbocycles. The van der Waals surface area contributed by atoms with E-state index in [4.69, 9.17) is 0 Å². The molecule has 0 saturated heterocycles. The van der Waals surface area contributed by atoms with Crippen LogP contribution in [0.25, 0.3) is 0 Å². The molecule has 0 saturated carbocycles. The van der Waals surface area contributed by atoms with E-state index in [0.29, 0.717) is 0 Å². The van der Waals surface area contributed by atoms with Gasteiger partial charge in [-0.1, -0.05) is 30.4 Å². The summed E-state index contributed by atoms with van der Waals surface area (Å²) >= 11 is 2.05. The molecular formula is C16H21NS. The summed E-state index contributed by atoms with van der Waals surface area (Å²) < 4.78 is 0. The van der Waals surface area contributed by atoms with Crippen molar-refractivity contribution in [2.75, 3.05) is 13.1 Å². The predicted octanol–water partition coefficient (Wildman–Crippen LogP) is 3.65. The van der Waals surface area contributed by atoms with Crippen molar-refractivity contribution in [1.82, 2.24) is 5.32 Å². The zero-order chi connectivity index (χ0) is 12.2. The van der Waals surface area contributed by atoms with Crippen LogP contribution < -0.4 is 5.32 Å². The molecule has 0 bridgehead atoms. The van der Waals surface area contributed by atoms with Gasteiger partial charge in [-0.15, -0.1) is 11.8 Å². The Balaban J connectivity index is 1.42. The largest absolute Gasteiger partial charge is 0.315 e. The summed E-state index contributed by atoms with van der Waals surface area (Å²) in [7, 11) is 0. The SMILES string of the molecule is C1=CCC(CNCC2Cc3ccccc3S2)CC1. The van der Waals surface area contributed by atoms with Crippen molar-refractivity contribution in [2.24, 2.45) is 5.92 Å². The summed E-state index contributed by atoms with van der Waals surface area (Å²) in [5.41, 5.74) is 1.54. The number of allylic oxidation sites excluding steroid dienone is 2. The predicted molar refractivity (Wildman–Crippen MR) is 79.1 cm³/mol. The molecule has 0 amide bonds. The van der Waals surface area contributed by atoms with E-state index in [1.165, 1.54) is 42.7 Å². The minimum absolute atomic E-state index is 0.738. The standard InChI is InChI=1S/C16H21NS/c1-2-6-13(7-3-1)11-17-12-15-10-14-8-4-5-9-16(14)18-15/h1-2,4-5,8-9,13,15,17H,3,6-7,10-12H2. The molecule has 1 heterocycles.